The fraction of sp³-hybridized carbons (Fsp3) is 0.688. The molecule has 0 fully saturated rings. The number of thioether (sulfide) groups is 1. The largest absolute Gasteiger partial charge is 0.396 e. The van der Waals surface area contributed by atoms with Gasteiger partial charge in [0.05, 0.1) is 15.6 Å². The summed E-state index contributed by atoms with van der Waals surface area (Å²) in [5.74, 6) is 0.599. The highest BCUT2D eigenvalue weighted by molar-refractivity contribution is 8.02. The van der Waals surface area contributed by atoms with Crippen LogP contribution in [0.4, 0.5) is 5.69 Å². The van der Waals surface area contributed by atoms with Crippen LogP contribution in [-0.2, 0) is 4.79 Å². The van der Waals surface area contributed by atoms with Crippen LogP contribution in [-0.4, -0.2) is 29.9 Å². The number of carbonyl (C=O) groups is 1. The van der Waals surface area contributed by atoms with Gasteiger partial charge in [-0.3, -0.25) is 4.79 Å². The number of amides is 1. The van der Waals surface area contributed by atoms with Crippen molar-refractivity contribution in [1.29, 1.82) is 0 Å². The van der Waals surface area contributed by atoms with Gasteiger partial charge in [0.1, 0.15) is 0 Å². The van der Waals surface area contributed by atoms with Crippen LogP contribution in [0.3, 0.4) is 0 Å². The van der Waals surface area contributed by atoms with E-state index in [-0.39, 0.29) is 24.0 Å². The molecule has 1 aliphatic rings. The van der Waals surface area contributed by atoms with Gasteiger partial charge in [0.15, 0.2) is 0 Å². The standard InChI is InChI=1S/C16H26N2O2S2/c1-4-16(5-2,6-7-19)10-17-11(3)13-8-12-15(22-13)21-9-14(20)18-12/h8,11,17,19H,4-7,9-10H2,1-3H3,(H,18,20). The molecule has 2 heterocycles. The Labute approximate surface area is 141 Å². The minimum atomic E-state index is 0.0846. The minimum absolute atomic E-state index is 0.0846. The molecule has 0 saturated carbocycles. The summed E-state index contributed by atoms with van der Waals surface area (Å²) in [6.45, 7) is 7.71. The Hall–Kier alpha value is -0.560. The highest BCUT2D eigenvalue weighted by Gasteiger charge is 2.27. The van der Waals surface area contributed by atoms with Crippen LogP contribution in [0, 0.1) is 5.41 Å². The second-order valence-electron chi connectivity index (χ2n) is 5.97. The van der Waals surface area contributed by atoms with Crippen LogP contribution in [0.1, 0.15) is 51.0 Å². The van der Waals surface area contributed by atoms with Crippen LogP contribution in [0.15, 0.2) is 10.3 Å². The van der Waals surface area contributed by atoms with Crippen molar-refractivity contribution < 1.29 is 9.90 Å². The Kier molecular flexibility index (Phi) is 6.32. The van der Waals surface area contributed by atoms with Gasteiger partial charge < -0.3 is 15.7 Å². The number of aliphatic hydroxyl groups is 1. The molecule has 1 aromatic rings. The van der Waals surface area contributed by atoms with E-state index in [0.717, 1.165) is 31.5 Å². The molecular formula is C16H26N2O2S2. The van der Waals surface area contributed by atoms with Crippen molar-refractivity contribution in [2.75, 3.05) is 24.2 Å². The van der Waals surface area contributed by atoms with E-state index in [0.29, 0.717) is 5.75 Å². The van der Waals surface area contributed by atoms with Crippen molar-refractivity contribution in [2.45, 2.75) is 50.3 Å². The Morgan fingerprint density at radius 2 is 2.18 bits per heavy atom. The number of aliphatic hydroxyl groups excluding tert-OH is 1. The predicted molar refractivity (Wildman–Crippen MR) is 94.8 cm³/mol. The van der Waals surface area contributed by atoms with Crippen LogP contribution in [0.25, 0.3) is 0 Å². The average molecular weight is 343 g/mol. The van der Waals surface area contributed by atoms with E-state index >= 15 is 0 Å². The molecule has 3 N–H and O–H groups in total. The molecule has 1 aliphatic heterocycles. The van der Waals surface area contributed by atoms with E-state index in [2.05, 4.69) is 37.5 Å². The molecule has 4 nitrogen and oxygen atoms in total. The first-order valence-corrected chi connectivity index (χ1v) is 9.74. The SMILES string of the molecule is CCC(CC)(CCO)CNC(C)c1cc2c(s1)SCC(=O)N2. The lowest BCUT2D eigenvalue weighted by molar-refractivity contribution is -0.113. The van der Waals surface area contributed by atoms with Crippen molar-refractivity contribution in [1.82, 2.24) is 5.32 Å². The summed E-state index contributed by atoms with van der Waals surface area (Å²) < 4.78 is 1.20. The van der Waals surface area contributed by atoms with Crippen molar-refractivity contribution >= 4 is 34.7 Å². The number of hydrogen-bond donors (Lipinski definition) is 3. The first-order chi connectivity index (χ1) is 10.5. The van der Waals surface area contributed by atoms with Gasteiger partial charge >= 0.3 is 0 Å². The van der Waals surface area contributed by atoms with E-state index in [1.165, 1.54) is 9.09 Å². The molecule has 124 valence electrons. The maximum atomic E-state index is 11.4. The van der Waals surface area contributed by atoms with Gasteiger partial charge in [-0.1, -0.05) is 13.8 Å². The van der Waals surface area contributed by atoms with Gasteiger partial charge in [-0.2, -0.15) is 0 Å². The molecule has 0 spiro atoms. The highest BCUT2D eigenvalue weighted by Crippen LogP contribution is 2.41. The van der Waals surface area contributed by atoms with Crippen molar-refractivity contribution in [3.63, 3.8) is 0 Å². The third-order valence-electron chi connectivity index (χ3n) is 4.68. The van der Waals surface area contributed by atoms with Gasteiger partial charge in [0, 0.05) is 24.1 Å². The molecular weight excluding hydrogens is 316 g/mol. The van der Waals surface area contributed by atoms with E-state index in [1.54, 1.807) is 23.1 Å². The molecule has 0 aliphatic carbocycles. The van der Waals surface area contributed by atoms with Crippen LogP contribution in [0.5, 0.6) is 0 Å². The zero-order valence-corrected chi connectivity index (χ0v) is 15.2. The van der Waals surface area contributed by atoms with Gasteiger partial charge in [0.2, 0.25) is 5.91 Å². The van der Waals surface area contributed by atoms with Crippen LogP contribution < -0.4 is 10.6 Å². The second kappa shape index (κ2) is 7.81. The Morgan fingerprint density at radius 1 is 1.45 bits per heavy atom. The summed E-state index contributed by atoms with van der Waals surface area (Å²) in [5.41, 5.74) is 1.13. The fourth-order valence-corrected chi connectivity index (χ4v) is 4.94. The van der Waals surface area contributed by atoms with Gasteiger partial charge in [-0.25, -0.2) is 0 Å². The third kappa shape index (κ3) is 4.04. The molecule has 0 saturated heterocycles. The molecule has 22 heavy (non-hydrogen) atoms. The van der Waals surface area contributed by atoms with Crippen LogP contribution in [0.2, 0.25) is 0 Å². The third-order valence-corrected chi connectivity index (χ3v) is 7.28. The summed E-state index contributed by atoms with van der Waals surface area (Å²) in [7, 11) is 0. The van der Waals surface area contributed by atoms with Crippen LogP contribution >= 0.6 is 23.1 Å². The number of hydrogen-bond acceptors (Lipinski definition) is 5. The van der Waals surface area contributed by atoms with Gasteiger partial charge in [0.25, 0.3) is 0 Å². The zero-order chi connectivity index (χ0) is 16.2. The summed E-state index contributed by atoms with van der Waals surface area (Å²) in [5, 5.41) is 15.9. The first kappa shape index (κ1) is 17.8. The fourth-order valence-electron chi connectivity index (χ4n) is 2.77. The van der Waals surface area contributed by atoms with E-state index < -0.39 is 0 Å². The lowest BCUT2D eigenvalue weighted by atomic mass is 9.79. The van der Waals surface area contributed by atoms with Crippen molar-refractivity contribution in [2.24, 2.45) is 5.41 Å². The summed E-state index contributed by atoms with van der Waals surface area (Å²) in [6, 6.07) is 2.34. The molecule has 1 amide bonds. The van der Waals surface area contributed by atoms with E-state index in [4.69, 9.17) is 0 Å². The quantitative estimate of drug-likeness (QED) is 0.675. The van der Waals surface area contributed by atoms with Crippen molar-refractivity contribution in [3.05, 3.63) is 10.9 Å². The molecule has 1 aromatic heterocycles. The number of fused-ring (bicyclic) bond motifs is 1. The predicted octanol–water partition coefficient (Wildman–Crippen LogP) is 3.63. The average Bonchev–Trinajstić information content (AvgIpc) is 2.94. The molecule has 0 radical (unpaired) electrons. The molecule has 1 atom stereocenters. The molecule has 0 bridgehead atoms. The summed E-state index contributed by atoms with van der Waals surface area (Å²) >= 11 is 3.38. The molecule has 6 heteroatoms. The Morgan fingerprint density at radius 3 is 2.82 bits per heavy atom. The van der Waals surface area contributed by atoms with Gasteiger partial charge in [-0.15, -0.1) is 23.1 Å². The van der Waals surface area contributed by atoms with Gasteiger partial charge in [-0.05, 0) is 37.7 Å². The lowest BCUT2D eigenvalue weighted by Crippen LogP contribution is -2.35. The number of rotatable bonds is 8. The molecule has 0 aromatic carbocycles. The minimum Gasteiger partial charge on any atom is -0.396 e. The maximum Gasteiger partial charge on any atom is 0.234 e. The normalized spacial score (nSPS) is 16.3. The Bertz CT molecular complexity index is 512. The topological polar surface area (TPSA) is 61.4 Å². The van der Waals surface area contributed by atoms with Crippen molar-refractivity contribution in [3.8, 4) is 0 Å². The summed E-state index contributed by atoms with van der Waals surface area (Å²) in [6.07, 6.45) is 2.97. The van der Waals surface area contributed by atoms with E-state index in [1.807, 2.05) is 0 Å². The highest BCUT2D eigenvalue weighted by atomic mass is 32.2. The maximum absolute atomic E-state index is 11.4. The number of thiophene rings is 1. The second-order valence-corrected chi connectivity index (χ2v) is 8.30. The lowest BCUT2D eigenvalue weighted by Gasteiger charge is -2.32. The number of nitrogens with one attached hydrogen (secondary N) is 2. The molecule has 1 unspecified atom stereocenters. The smallest absolute Gasteiger partial charge is 0.234 e. The first-order valence-electron chi connectivity index (χ1n) is 7.94. The van der Waals surface area contributed by atoms with E-state index in [9.17, 15) is 9.90 Å². The Balaban J connectivity index is 2.00. The number of carbonyl (C=O) groups excluding carboxylic acids is 1. The monoisotopic (exact) mass is 342 g/mol. The summed E-state index contributed by atoms with van der Waals surface area (Å²) in [4.78, 5) is 12.7. The zero-order valence-electron chi connectivity index (χ0n) is 13.6. The molecule has 2 rings (SSSR count). The number of anilines is 1.